The van der Waals surface area contributed by atoms with E-state index in [1.54, 1.807) is 16.7 Å². The van der Waals surface area contributed by atoms with Crippen LogP contribution in [0.3, 0.4) is 0 Å². The molecule has 1 heterocycles. The number of fused-ring (bicyclic) bond motifs is 1. The summed E-state index contributed by atoms with van der Waals surface area (Å²) < 4.78 is 0. The van der Waals surface area contributed by atoms with E-state index in [1.165, 1.54) is 51.7 Å². The summed E-state index contributed by atoms with van der Waals surface area (Å²) in [6.45, 7) is 10.6. The second-order valence-electron chi connectivity index (χ2n) is 5.96. The number of benzene rings is 1. The van der Waals surface area contributed by atoms with Gasteiger partial charge in [-0.05, 0) is 41.9 Å². The molecule has 1 atom stereocenters. The van der Waals surface area contributed by atoms with E-state index in [0.717, 1.165) is 5.92 Å². The third-order valence-electron chi connectivity index (χ3n) is 4.61. The first kappa shape index (κ1) is 14.6. The Morgan fingerprint density at radius 3 is 2.74 bits per heavy atom. The molecular formula is C18H29N. The summed E-state index contributed by atoms with van der Waals surface area (Å²) in [7, 11) is 0. The zero-order chi connectivity index (χ0) is 13.7. The fourth-order valence-corrected chi connectivity index (χ4v) is 3.43. The quantitative estimate of drug-likeness (QED) is 0.730. The van der Waals surface area contributed by atoms with Gasteiger partial charge in [0.1, 0.15) is 0 Å². The SMILES string of the molecule is CCCC(CC)CN1CCc2c(CC)cccc2C1. The summed E-state index contributed by atoms with van der Waals surface area (Å²) in [5.74, 6) is 0.890. The van der Waals surface area contributed by atoms with E-state index < -0.39 is 0 Å². The van der Waals surface area contributed by atoms with Crippen molar-refractivity contribution in [3.05, 3.63) is 34.9 Å². The van der Waals surface area contributed by atoms with Gasteiger partial charge >= 0.3 is 0 Å². The summed E-state index contributed by atoms with van der Waals surface area (Å²) in [5, 5.41) is 0. The van der Waals surface area contributed by atoms with Crippen LogP contribution in [0.25, 0.3) is 0 Å². The average molecular weight is 259 g/mol. The number of hydrogen-bond donors (Lipinski definition) is 0. The third-order valence-corrected chi connectivity index (χ3v) is 4.61. The predicted octanol–water partition coefficient (Wildman–Crippen LogP) is 4.43. The summed E-state index contributed by atoms with van der Waals surface area (Å²) >= 11 is 0. The van der Waals surface area contributed by atoms with Crippen molar-refractivity contribution in [2.24, 2.45) is 5.92 Å². The minimum Gasteiger partial charge on any atom is -0.298 e. The van der Waals surface area contributed by atoms with Gasteiger partial charge in [0.05, 0.1) is 0 Å². The Morgan fingerprint density at radius 2 is 2.05 bits per heavy atom. The molecule has 0 amide bonds. The van der Waals surface area contributed by atoms with Gasteiger partial charge in [0.25, 0.3) is 0 Å². The van der Waals surface area contributed by atoms with Crippen molar-refractivity contribution >= 4 is 0 Å². The normalized spacial score (nSPS) is 17.2. The summed E-state index contributed by atoms with van der Waals surface area (Å²) in [6, 6.07) is 6.88. The van der Waals surface area contributed by atoms with E-state index in [2.05, 4.69) is 43.9 Å². The van der Waals surface area contributed by atoms with Crippen LogP contribution in [0, 0.1) is 5.92 Å². The molecule has 1 aromatic carbocycles. The molecule has 1 nitrogen and oxygen atoms in total. The Labute approximate surface area is 119 Å². The first-order valence-corrected chi connectivity index (χ1v) is 8.10. The third kappa shape index (κ3) is 3.60. The highest BCUT2D eigenvalue weighted by Crippen LogP contribution is 2.24. The van der Waals surface area contributed by atoms with Crippen molar-refractivity contribution < 1.29 is 0 Å². The molecule has 1 heteroatoms. The minimum absolute atomic E-state index is 0.890. The highest BCUT2D eigenvalue weighted by molar-refractivity contribution is 5.37. The molecule has 0 aliphatic carbocycles. The smallest absolute Gasteiger partial charge is 0.0236 e. The van der Waals surface area contributed by atoms with Gasteiger partial charge in [-0.2, -0.15) is 0 Å². The number of rotatable bonds is 6. The zero-order valence-electron chi connectivity index (χ0n) is 12.9. The molecular weight excluding hydrogens is 230 g/mol. The molecule has 1 aliphatic heterocycles. The largest absolute Gasteiger partial charge is 0.298 e. The van der Waals surface area contributed by atoms with Crippen molar-refractivity contribution in [3.8, 4) is 0 Å². The van der Waals surface area contributed by atoms with Crippen LogP contribution >= 0.6 is 0 Å². The topological polar surface area (TPSA) is 3.24 Å². The van der Waals surface area contributed by atoms with Gasteiger partial charge in [-0.1, -0.05) is 51.8 Å². The minimum atomic E-state index is 0.890. The summed E-state index contributed by atoms with van der Waals surface area (Å²) in [5.41, 5.74) is 4.79. The Balaban J connectivity index is 2.02. The molecule has 1 aliphatic rings. The van der Waals surface area contributed by atoms with Crippen LogP contribution in [0.5, 0.6) is 0 Å². The van der Waals surface area contributed by atoms with Crippen LogP contribution < -0.4 is 0 Å². The van der Waals surface area contributed by atoms with Crippen LogP contribution in [-0.2, 0) is 19.4 Å². The molecule has 0 spiro atoms. The lowest BCUT2D eigenvalue weighted by Gasteiger charge is -2.32. The fraction of sp³-hybridized carbons (Fsp3) is 0.667. The first-order chi connectivity index (χ1) is 9.28. The monoisotopic (exact) mass is 259 g/mol. The molecule has 106 valence electrons. The molecule has 1 aromatic rings. The van der Waals surface area contributed by atoms with Gasteiger partial charge in [-0.25, -0.2) is 0 Å². The molecule has 2 rings (SSSR count). The highest BCUT2D eigenvalue weighted by Gasteiger charge is 2.20. The van der Waals surface area contributed by atoms with Crippen LogP contribution in [0.2, 0.25) is 0 Å². The lowest BCUT2D eigenvalue weighted by molar-refractivity contribution is 0.204. The fourth-order valence-electron chi connectivity index (χ4n) is 3.43. The molecule has 0 radical (unpaired) electrons. The number of nitrogens with zero attached hydrogens (tertiary/aromatic N) is 1. The zero-order valence-corrected chi connectivity index (χ0v) is 12.9. The van der Waals surface area contributed by atoms with Gasteiger partial charge in [0.15, 0.2) is 0 Å². The molecule has 0 aromatic heterocycles. The number of hydrogen-bond acceptors (Lipinski definition) is 1. The Morgan fingerprint density at radius 1 is 1.21 bits per heavy atom. The van der Waals surface area contributed by atoms with Crippen molar-refractivity contribution in [2.45, 2.75) is 59.4 Å². The van der Waals surface area contributed by atoms with E-state index in [4.69, 9.17) is 0 Å². The maximum absolute atomic E-state index is 2.67. The van der Waals surface area contributed by atoms with Crippen LogP contribution in [-0.4, -0.2) is 18.0 Å². The van der Waals surface area contributed by atoms with Crippen LogP contribution in [0.4, 0.5) is 0 Å². The van der Waals surface area contributed by atoms with Crippen molar-refractivity contribution in [3.63, 3.8) is 0 Å². The van der Waals surface area contributed by atoms with Crippen molar-refractivity contribution in [2.75, 3.05) is 13.1 Å². The van der Waals surface area contributed by atoms with Crippen molar-refractivity contribution in [1.82, 2.24) is 4.90 Å². The van der Waals surface area contributed by atoms with Crippen LogP contribution in [0.15, 0.2) is 18.2 Å². The Bertz CT molecular complexity index is 397. The highest BCUT2D eigenvalue weighted by atomic mass is 15.1. The molecule has 19 heavy (non-hydrogen) atoms. The second-order valence-corrected chi connectivity index (χ2v) is 5.96. The van der Waals surface area contributed by atoms with Gasteiger partial charge in [0.2, 0.25) is 0 Å². The standard InChI is InChI=1S/C18H29N/c1-4-8-15(5-2)13-19-12-11-18-16(6-3)9-7-10-17(18)14-19/h7,9-10,15H,4-6,8,11-14H2,1-3H3. The van der Waals surface area contributed by atoms with Gasteiger partial charge in [0, 0.05) is 19.6 Å². The lowest BCUT2D eigenvalue weighted by atomic mass is 9.92. The van der Waals surface area contributed by atoms with E-state index in [-0.39, 0.29) is 0 Å². The summed E-state index contributed by atoms with van der Waals surface area (Å²) in [4.78, 5) is 2.67. The molecule has 0 saturated heterocycles. The molecule has 0 saturated carbocycles. The maximum atomic E-state index is 2.67. The second kappa shape index (κ2) is 7.09. The van der Waals surface area contributed by atoms with E-state index in [0.29, 0.717) is 0 Å². The maximum Gasteiger partial charge on any atom is 0.0236 e. The number of aryl methyl sites for hydroxylation is 1. The predicted molar refractivity (Wildman–Crippen MR) is 83.5 cm³/mol. The van der Waals surface area contributed by atoms with E-state index in [9.17, 15) is 0 Å². The molecule has 0 bridgehead atoms. The molecule has 1 unspecified atom stereocenters. The van der Waals surface area contributed by atoms with Crippen molar-refractivity contribution in [1.29, 1.82) is 0 Å². The molecule has 0 N–H and O–H groups in total. The van der Waals surface area contributed by atoms with Gasteiger partial charge in [-0.15, -0.1) is 0 Å². The average Bonchev–Trinajstić information content (AvgIpc) is 2.45. The van der Waals surface area contributed by atoms with Gasteiger partial charge in [-0.3, -0.25) is 4.90 Å². The Hall–Kier alpha value is -0.820. The summed E-state index contributed by atoms with van der Waals surface area (Å²) in [6.07, 6.45) is 6.46. The Kier molecular flexibility index (Phi) is 5.45. The van der Waals surface area contributed by atoms with Crippen LogP contribution in [0.1, 0.15) is 56.7 Å². The lowest BCUT2D eigenvalue weighted by Crippen LogP contribution is -2.35. The molecule has 0 fully saturated rings. The van der Waals surface area contributed by atoms with Gasteiger partial charge < -0.3 is 0 Å². The van der Waals surface area contributed by atoms with E-state index >= 15 is 0 Å². The van der Waals surface area contributed by atoms with E-state index in [1.807, 2.05) is 0 Å². The first-order valence-electron chi connectivity index (χ1n) is 8.10.